The summed E-state index contributed by atoms with van der Waals surface area (Å²) in [7, 11) is 0. The molecule has 1 aliphatic heterocycles. The number of carboxylic acids is 1. The zero-order valence-corrected chi connectivity index (χ0v) is 14.5. The van der Waals surface area contributed by atoms with Crippen molar-refractivity contribution in [2.45, 2.75) is 13.1 Å². The number of ether oxygens (including phenoxy) is 1. The normalized spacial score (nSPS) is 14.2. The highest BCUT2D eigenvalue weighted by Gasteiger charge is 2.18. The number of hydrogen-bond acceptors (Lipinski definition) is 4. The van der Waals surface area contributed by atoms with E-state index < -0.39 is 5.97 Å². The van der Waals surface area contributed by atoms with Gasteiger partial charge in [0.2, 0.25) is 0 Å². The number of morpholine rings is 1. The van der Waals surface area contributed by atoms with Gasteiger partial charge < -0.3 is 20.1 Å². The number of hydrogen-bond donors (Lipinski definition) is 2. The molecule has 2 aromatic rings. The van der Waals surface area contributed by atoms with Crippen molar-refractivity contribution in [3.8, 4) is 0 Å². The van der Waals surface area contributed by atoms with Crippen LogP contribution in [0.2, 0.25) is 0 Å². The van der Waals surface area contributed by atoms with Gasteiger partial charge in [0.1, 0.15) is 0 Å². The molecule has 0 radical (unpaired) electrons. The number of aromatic carboxylic acids is 1. The van der Waals surface area contributed by atoms with E-state index in [1.807, 2.05) is 29.2 Å². The van der Waals surface area contributed by atoms with Crippen LogP contribution in [0.15, 0.2) is 48.5 Å². The van der Waals surface area contributed by atoms with Crippen LogP contribution < -0.4 is 5.32 Å². The van der Waals surface area contributed by atoms with Crippen LogP contribution in [-0.4, -0.2) is 48.2 Å². The number of amides is 1. The van der Waals surface area contributed by atoms with Gasteiger partial charge in [-0.05, 0) is 35.4 Å². The third-order valence-electron chi connectivity index (χ3n) is 4.33. The maximum absolute atomic E-state index is 12.5. The summed E-state index contributed by atoms with van der Waals surface area (Å²) in [6, 6.07) is 14.4. The van der Waals surface area contributed by atoms with E-state index in [2.05, 4.69) is 5.32 Å². The Labute approximate surface area is 152 Å². The Morgan fingerprint density at radius 3 is 2.35 bits per heavy atom. The SMILES string of the molecule is O=C(O)c1ccc(CNCc2cccc(C(=O)N3CCOCC3)c2)cc1. The fourth-order valence-corrected chi connectivity index (χ4v) is 2.88. The maximum atomic E-state index is 12.5. The minimum atomic E-state index is -0.925. The zero-order valence-electron chi connectivity index (χ0n) is 14.5. The number of benzene rings is 2. The van der Waals surface area contributed by atoms with Crippen LogP contribution in [0.4, 0.5) is 0 Å². The highest BCUT2D eigenvalue weighted by atomic mass is 16.5. The zero-order chi connectivity index (χ0) is 18.4. The average molecular weight is 354 g/mol. The lowest BCUT2D eigenvalue weighted by atomic mass is 10.1. The molecule has 0 atom stereocenters. The fourth-order valence-electron chi connectivity index (χ4n) is 2.88. The molecular weight excluding hydrogens is 332 g/mol. The standard InChI is InChI=1S/C20H22N2O4/c23-19(22-8-10-26-11-9-22)18-3-1-2-16(12-18)14-21-13-15-4-6-17(7-5-15)20(24)25/h1-7,12,21H,8-11,13-14H2,(H,24,25). The summed E-state index contributed by atoms with van der Waals surface area (Å²) in [6.07, 6.45) is 0. The number of nitrogens with zero attached hydrogens (tertiary/aromatic N) is 1. The van der Waals surface area contributed by atoms with Crippen LogP contribution in [0.3, 0.4) is 0 Å². The number of carboxylic acid groups (broad SMARTS) is 1. The molecule has 0 saturated carbocycles. The summed E-state index contributed by atoms with van der Waals surface area (Å²) in [6.45, 7) is 3.70. The topological polar surface area (TPSA) is 78.9 Å². The van der Waals surface area contributed by atoms with E-state index in [4.69, 9.17) is 9.84 Å². The van der Waals surface area contributed by atoms with Gasteiger partial charge in [-0.15, -0.1) is 0 Å². The van der Waals surface area contributed by atoms with Gasteiger partial charge in [-0.1, -0.05) is 24.3 Å². The van der Waals surface area contributed by atoms with Gasteiger partial charge in [-0.25, -0.2) is 4.79 Å². The molecule has 0 aliphatic carbocycles. The Balaban J connectivity index is 1.55. The molecule has 6 heteroatoms. The average Bonchev–Trinajstić information content (AvgIpc) is 2.69. The van der Waals surface area contributed by atoms with Gasteiger partial charge in [-0.2, -0.15) is 0 Å². The Morgan fingerprint density at radius 2 is 1.65 bits per heavy atom. The van der Waals surface area contributed by atoms with Crippen LogP contribution in [0.5, 0.6) is 0 Å². The lowest BCUT2D eigenvalue weighted by Gasteiger charge is -2.27. The third-order valence-corrected chi connectivity index (χ3v) is 4.33. The molecule has 1 heterocycles. The molecule has 6 nitrogen and oxygen atoms in total. The summed E-state index contributed by atoms with van der Waals surface area (Å²) in [4.78, 5) is 25.2. The smallest absolute Gasteiger partial charge is 0.335 e. The molecular formula is C20H22N2O4. The molecule has 0 spiro atoms. The Bertz CT molecular complexity index is 768. The van der Waals surface area contributed by atoms with Crippen LogP contribution >= 0.6 is 0 Å². The first-order chi connectivity index (χ1) is 12.6. The predicted octanol–water partition coefficient (Wildman–Crippen LogP) is 2.15. The van der Waals surface area contributed by atoms with Crippen molar-refractivity contribution < 1.29 is 19.4 Å². The molecule has 2 N–H and O–H groups in total. The van der Waals surface area contributed by atoms with E-state index >= 15 is 0 Å². The van der Waals surface area contributed by atoms with Crippen LogP contribution in [-0.2, 0) is 17.8 Å². The van der Waals surface area contributed by atoms with Crippen molar-refractivity contribution in [3.05, 3.63) is 70.8 Å². The van der Waals surface area contributed by atoms with Crippen molar-refractivity contribution in [1.29, 1.82) is 0 Å². The summed E-state index contributed by atoms with van der Waals surface area (Å²) in [5, 5.41) is 12.2. The van der Waals surface area contributed by atoms with E-state index in [0.29, 0.717) is 45.0 Å². The van der Waals surface area contributed by atoms with E-state index in [0.717, 1.165) is 11.1 Å². The van der Waals surface area contributed by atoms with Gasteiger partial charge in [0.25, 0.3) is 5.91 Å². The van der Waals surface area contributed by atoms with Crippen molar-refractivity contribution in [2.75, 3.05) is 26.3 Å². The summed E-state index contributed by atoms with van der Waals surface area (Å²) < 4.78 is 5.29. The molecule has 2 aromatic carbocycles. The molecule has 1 fully saturated rings. The number of carbonyl (C=O) groups excluding carboxylic acids is 1. The van der Waals surface area contributed by atoms with Crippen molar-refractivity contribution in [3.63, 3.8) is 0 Å². The lowest BCUT2D eigenvalue weighted by Crippen LogP contribution is -2.40. The first kappa shape index (κ1) is 18.1. The van der Waals surface area contributed by atoms with Crippen LogP contribution in [0, 0.1) is 0 Å². The molecule has 1 amide bonds. The van der Waals surface area contributed by atoms with E-state index in [1.54, 1.807) is 24.3 Å². The number of rotatable bonds is 6. The third kappa shape index (κ3) is 4.68. The molecule has 1 saturated heterocycles. The number of nitrogens with one attached hydrogen (secondary N) is 1. The second-order valence-corrected chi connectivity index (χ2v) is 6.21. The van der Waals surface area contributed by atoms with Crippen molar-refractivity contribution >= 4 is 11.9 Å². The van der Waals surface area contributed by atoms with Crippen molar-refractivity contribution in [2.24, 2.45) is 0 Å². The highest BCUT2D eigenvalue weighted by Crippen LogP contribution is 2.11. The van der Waals surface area contributed by atoms with E-state index in [1.165, 1.54) is 0 Å². The Hall–Kier alpha value is -2.70. The van der Waals surface area contributed by atoms with Crippen LogP contribution in [0.25, 0.3) is 0 Å². The largest absolute Gasteiger partial charge is 0.478 e. The lowest BCUT2D eigenvalue weighted by molar-refractivity contribution is 0.0303. The second-order valence-electron chi connectivity index (χ2n) is 6.21. The minimum Gasteiger partial charge on any atom is -0.478 e. The van der Waals surface area contributed by atoms with Crippen molar-refractivity contribution in [1.82, 2.24) is 10.2 Å². The van der Waals surface area contributed by atoms with Gasteiger partial charge in [0.05, 0.1) is 18.8 Å². The molecule has 0 aromatic heterocycles. The van der Waals surface area contributed by atoms with Crippen LogP contribution in [0.1, 0.15) is 31.8 Å². The van der Waals surface area contributed by atoms with E-state index in [-0.39, 0.29) is 11.5 Å². The fraction of sp³-hybridized carbons (Fsp3) is 0.300. The second kappa shape index (κ2) is 8.60. The van der Waals surface area contributed by atoms with E-state index in [9.17, 15) is 9.59 Å². The first-order valence-electron chi connectivity index (χ1n) is 8.62. The highest BCUT2D eigenvalue weighted by molar-refractivity contribution is 5.94. The maximum Gasteiger partial charge on any atom is 0.335 e. The molecule has 3 rings (SSSR count). The van der Waals surface area contributed by atoms with Gasteiger partial charge in [-0.3, -0.25) is 4.79 Å². The molecule has 136 valence electrons. The number of carbonyl (C=O) groups is 2. The monoisotopic (exact) mass is 354 g/mol. The molecule has 26 heavy (non-hydrogen) atoms. The van der Waals surface area contributed by atoms with Gasteiger partial charge in [0.15, 0.2) is 0 Å². The Morgan fingerprint density at radius 1 is 0.962 bits per heavy atom. The summed E-state index contributed by atoms with van der Waals surface area (Å²) in [5.41, 5.74) is 3.02. The molecule has 0 unspecified atom stereocenters. The summed E-state index contributed by atoms with van der Waals surface area (Å²) >= 11 is 0. The minimum absolute atomic E-state index is 0.0411. The first-order valence-corrected chi connectivity index (χ1v) is 8.62. The van der Waals surface area contributed by atoms with Gasteiger partial charge >= 0.3 is 5.97 Å². The van der Waals surface area contributed by atoms with Gasteiger partial charge in [0, 0.05) is 31.7 Å². The molecule has 1 aliphatic rings. The molecule has 0 bridgehead atoms. The predicted molar refractivity (Wildman–Crippen MR) is 97.1 cm³/mol. The summed E-state index contributed by atoms with van der Waals surface area (Å²) in [5.74, 6) is -0.884. The Kier molecular flexibility index (Phi) is 5.99. The quantitative estimate of drug-likeness (QED) is 0.831.